The molecule has 1 saturated carbocycles. The van der Waals surface area contributed by atoms with Crippen LogP contribution >= 0.6 is 0 Å². The van der Waals surface area contributed by atoms with Crippen LogP contribution in [0.3, 0.4) is 0 Å². The minimum absolute atomic E-state index is 0.666. The Labute approximate surface area is 100 Å². The average molecular weight is 225 g/mol. The highest BCUT2D eigenvalue weighted by molar-refractivity contribution is 4.88. The van der Waals surface area contributed by atoms with E-state index in [1.165, 1.54) is 45.3 Å². The molecule has 1 N–H and O–H groups in total. The maximum atomic E-state index is 3.77. The summed E-state index contributed by atoms with van der Waals surface area (Å²) in [5, 5.41) is 3.77. The third-order valence-corrected chi connectivity index (χ3v) is 3.96. The molecule has 0 amide bonds. The molecule has 1 heterocycles. The number of hydrogen-bond acceptors (Lipinski definition) is 3. The molecule has 0 radical (unpaired) electrons. The van der Waals surface area contributed by atoms with Crippen LogP contribution in [0, 0.1) is 0 Å². The highest BCUT2D eigenvalue weighted by Gasteiger charge is 2.27. The second kappa shape index (κ2) is 5.48. The van der Waals surface area contributed by atoms with Crippen molar-refractivity contribution in [2.45, 2.75) is 50.7 Å². The second-order valence-electron chi connectivity index (χ2n) is 5.85. The van der Waals surface area contributed by atoms with Gasteiger partial charge in [-0.3, -0.25) is 0 Å². The molecule has 2 unspecified atom stereocenters. The second-order valence-corrected chi connectivity index (χ2v) is 5.85. The predicted octanol–water partition coefficient (Wildman–Crippen LogP) is 1.15. The summed E-state index contributed by atoms with van der Waals surface area (Å²) in [6.07, 6.45) is 5.56. The SMILES string of the molecule is CC(CN1CCCC(NC2CC2)C1)N(C)C. The molecule has 1 aliphatic heterocycles. The first-order chi connectivity index (χ1) is 7.65. The van der Waals surface area contributed by atoms with E-state index in [1.54, 1.807) is 0 Å². The average Bonchev–Trinajstić information content (AvgIpc) is 3.02. The third kappa shape index (κ3) is 3.72. The Bertz CT molecular complexity index is 213. The van der Waals surface area contributed by atoms with Crippen LogP contribution in [0.2, 0.25) is 0 Å². The first-order valence-electron chi connectivity index (χ1n) is 6.80. The molecule has 0 spiro atoms. The van der Waals surface area contributed by atoms with Gasteiger partial charge in [-0.25, -0.2) is 0 Å². The molecule has 0 aromatic carbocycles. The summed E-state index contributed by atoms with van der Waals surface area (Å²) in [6.45, 7) is 6.09. The van der Waals surface area contributed by atoms with Crippen molar-refractivity contribution in [2.24, 2.45) is 0 Å². The molecule has 1 aliphatic carbocycles. The van der Waals surface area contributed by atoms with Crippen molar-refractivity contribution in [3.05, 3.63) is 0 Å². The molecule has 2 aliphatic rings. The summed E-state index contributed by atoms with van der Waals surface area (Å²) in [5.74, 6) is 0. The van der Waals surface area contributed by atoms with Crippen LogP contribution in [0.25, 0.3) is 0 Å². The number of nitrogens with one attached hydrogen (secondary N) is 1. The van der Waals surface area contributed by atoms with Crippen LogP contribution in [-0.4, -0.2) is 61.7 Å². The van der Waals surface area contributed by atoms with E-state index in [2.05, 4.69) is 36.1 Å². The molecule has 2 atom stereocenters. The molecular formula is C13H27N3. The van der Waals surface area contributed by atoms with Gasteiger partial charge in [-0.1, -0.05) is 0 Å². The minimum Gasteiger partial charge on any atom is -0.310 e. The van der Waals surface area contributed by atoms with Crippen molar-refractivity contribution in [2.75, 3.05) is 33.7 Å². The maximum Gasteiger partial charge on any atom is 0.0198 e. The van der Waals surface area contributed by atoms with E-state index in [9.17, 15) is 0 Å². The summed E-state index contributed by atoms with van der Waals surface area (Å²) in [5.41, 5.74) is 0. The van der Waals surface area contributed by atoms with Gasteiger partial charge in [0.1, 0.15) is 0 Å². The quantitative estimate of drug-likeness (QED) is 0.757. The fourth-order valence-corrected chi connectivity index (χ4v) is 2.48. The van der Waals surface area contributed by atoms with Gasteiger partial charge in [-0.15, -0.1) is 0 Å². The van der Waals surface area contributed by atoms with Crippen LogP contribution in [0.5, 0.6) is 0 Å². The van der Waals surface area contributed by atoms with E-state index in [0.29, 0.717) is 6.04 Å². The van der Waals surface area contributed by atoms with Gasteiger partial charge in [0, 0.05) is 31.2 Å². The number of likely N-dealkylation sites (tertiary alicyclic amines) is 1. The molecular weight excluding hydrogens is 198 g/mol. The van der Waals surface area contributed by atoms with Crippen LogP contribution in [-0.2, 0) is 0 Å². The van der Waals surface area contributed by atoms with Crippen LogP contribution in [0.15, 0.2) is 0 Å². The largest absolute Gasteiger partial charge is 0.310 e. The lowest BCUT2D eigenvalue weighted by Gasteiger charge is -2.36. The van der Waals surface area contributed by atoms with Crippen molar-refractivity contribution in [1.82, 2.24) is 15.1 Å². The summed E-state index contributed by atoms with van der Waals surface area (Å²) < 4.78 is 0. The Kier molecular flexibility index (Phi) is 4.22. The van der Waals surface area contributed by atoms with E-state index in [1.807, 2.05) is 0 Å². The lowest BCUT2D eigenvalue weighted by Crippen LogP contribution is -2.49. The number of nitrogens with zero attached hydrogens (tertiary/aromatic N) is 2. The third-order valence-electron chi connectivity index (χ3n) is 3.96. The minimum atomic E-state index is 0.666. The Morgan fingerprint density at radius 1 is 1.25 bits per heavy atom. The lowest BCUT2D eigenvalue weighted by molar-refractivity contribution is 0.147. The van der Waals surface area contributed by atoms with E-state index in [0.717, 1.165) is 12.1 Å². The zero-order valence-corrected chi connectivity index (χ0v) is 11.1. The highest BCUT2D eigenvalue weighted by atomic mass is 15.2. The van der Waals surface area contributed by atoms with Crippen molar-refractivity contribution in [3.8, 4) is 0 Å². The monoisotopic (exact) mass is 225 g/mol. The normalized spacial score (nSPS) is 29.6. The molecule has 16 heavy (non-hydrogen) atoms. The molecule has 3 heteroatoms. The zero-order valence-electron chi connectivity index (χ0n) is 11.1. The summed E-state index contributed by atoms with van der Waals surface area (Å²) in [4.78, 5) is 4.95. The highest BCUT2D eigenvalue weighted by Crippen LogP contribution is 2.22. The topological polar surface area (TPSA) is 18.5 Å². The molecule has 94 valence electrons. The molecule has 0 aromatic rings. The van der Waals surface area contributed by atoms with Crippen LogP contribution < -0.4 is 5.32 Å². The van der Waals surface area contributed by atoms with E-state index in [4.69, 9.17) is 0 Å². The zero-order chi connectivity index (χ0) is 11.5. The van der Waals surface area contributed by atoms with Gasteiger partial charge < -0.3 is 15.1 Å². The summed E-state index contributed by atoms with van der Waals surface area (Å²) in [7, 11) is 4.35. The van der Waals surface area contributed by atoms with E-state index < -0.39 is 0 Å². The molecule has 3 nitrogen and oxygen atoms in total. The lowest BCUT2D eigenvalue weighted by atomic mass is 10.0. The van der Waals surface area contributed by atoms with Gasteiger partial charge >= 0.3 is 0 Å². The number of rotatable bonds is 5. The first-order valence-corrected chi connectivity index (χ1v) is 6.80. The number of likely N-dealkylation sites (N-methyl/N-ethyl adjacent to an activating group) is 1. The van der Waals surface area contributed by atoms with Gasteiger partial charge in [0.2, 0.25) is 0 Å². The molecule has 0 bridgehead atoms. The Morgan fingerprint density at radius 2 is 2.00 bits per heavy atom. The van der Waals surface area contributed by atoms with Crippen LogP contribution in [0.4, 0.5) is 0 Å². The van der Waals surface area contributed by atoms with Gasteiger partial charge in [0.25, 0.3) is 0 Å². The van der Waals surface area contributed by atoms with Gasteiger partial charge in [0.05, 0.1) is 0 Å². The Hall–Kier alpha value is -0.120. The van der Waals surface area contributed by atoms with Crippen LogP contribution in [0.1, 0.15) is 32.6 Å². The maximum absolute atomic E-state index is 3.77. The van der Waals surface area contributed by atoms with Gasteiger partial charge in [0.15, 0.2) is 0 Å². The Balaban J connectivity index is 1.72. The van der Waals surface area contributed by atoms with Gasteiger partial charge in [-0.05, 0) is 53.2 Å². The van der Waals surface area contributed by atoms with Crippen molar-refractivity contribution < 1.29 is 0 Å². The molecule has 2 rings (SSSR count). The fourth-order valence-electron chi connectivity index (χ4n) is 2.48. The molecule has 2 fully saturated rings. The Morgan fingerprint density at radius 3 is 2.62 bits per heavy atom. The van der Waals surface area contributed by atoms with Crippen molar-refractivity contribution >= 4 is 0 Å². The predicted molar refractivity (Wildman–Crippen MR) is 68.8 cm³/mol. The fraction of sp³-hybridized carbons (Fsp3) is 1.00. The van der Waals surface area contributed by atoms with E-state index >= 15 is 0 Å². The van der Waals surface area contributed by atoms with Gasteiger partial charge in [-0.2, -0.15) is 0 Å². The first kappa shape index (κ1) is 12.3. The van der Waals surface area contributed by atoms with Crippen molar-refractivity contribution in [3.63, 3.8) is 0 Å². The van der Waals surface area contributed by atoms with E-state index in [-0.39, 0.29) is 0 Å². The smallest absolute Gasteiger partial charge is 0.0198 e. The molecule has 0 aromatic heterocycles. The standard InChI is InChI=1S/C13H27N3/c1-11(15(2)3)9-16-8-4-5-13(10-16)14-12-6-7-12/h11-14H,4-10H2,1-3H3. The number of piperidine rings is 1. The number of hydrogen-bond donors (Lipinski definition) is 1. The molecule has 1 saturated heterocycles. The summed E-state index contributed by atoms with van der Waals surface area (Å²) >= 11 is 0. The van der Waals surface area contributed by atoms with Crippen molar-refractivity contribution in [1.29, 1.82) is 0 Å². The summed E-state index contributed by atoms with van der Waals surface area (Å²) in [6, 6.07) is 2.28.